The molecular weight excluding hydrogens is 432 g/mol. The van der Waals surface area contributed by atoms with Crippen LogP contribution in [-0.4, -0.2) is 0 Å². The van der Waals surface area contributed by atoms with Crippen LogP contribution in [0, 0.1) is 0 Å². The number of furan rings is 1. The van der Waals surface area contributed by atoms with E-state index >= 15 is 0 Å². The number of hydrogen-bond donors (Lipinski definition) is 0. The van der Waals surface area contributed by atoms with E-state index in [0.29, 0.717) is 0 Å². The molecule has 158 valence electrons. The Bertz CT molecular complexity index is 1940. The van der Waals surface area contributed by atoms with Crippen LogP contribution in [0.2, 0.25) is 0 Å². The van der Waals surface area contributed by atoms with Gasteiger partial charge in [0.15, 0.2) is 0 Å². The maximum absolute atomic E-state index is 6.32. The monoisotopic (exact) mass is 450 g/mol. The zero-order chi connectivity index (χ0) is 22.2. The maximum atomic E-state index is 6.32. The van der Waals surface area contributed by atoms with E-state index in [1.807, 2.05) is 11.8 Å². The zero-order valence-corrected chi connectivity index (χ0v) is 19.0. The van der Waals surface area contributed by atoms with Crippen molar-refractivity contribution in [3.8, 4) is 22.3 Å². The van der Waals surface area contributed by atoms with Crippen LogP contribution in [0.5, 0.6) is 0 Å². The first kappa shape index (κ1) is 18.4. The third-order valence-corrected chi connectivity index (χ3v) is 8.17. The molecule has 0 spiro atoms. The lowest BCUT2D eigenvalue weighted by Gasteiger charge is -2.21. The summed E-state index contributed by atoms with van der Waals surface area (Å²) in [6, 6.07) is 39.4. The maximum Gasteiger partial charge on any atom is 0.136 e. The van der Waals surface area contributed by atoms with Gasteiger partial charge < -0.3 is 4.42 Å². The summed E-state index contributed by atoms with van der Waals surface area (Å²) in [7, 11) is 0. The molecule has 1 aliphatic heterocycles. The van der Waals surface area contributed by atoms with Gasteiger partial charge in [-0.25, -0.2) is 0 Å². The molecule has 0 aliphatic carbocycles. The minimum Gasteiger partial charge on any atom is -0.456 e. The smallest absolute Gasteiger partial charge is 0.136 e. The molecule has 2 heterocycles. The molecule has 1 aliphatic rings. The molecule has 6 aromatic carbocycles. The lowest BCUT2D eigenvalue weighted by atomic mass is 9.93. The van der Waals surface area contributed by atoms with Crippen LogP contribution in [0.25, 0.3) is 65.7 Å². The fourth-order valence-corrected chi connectivity index (χ4v) is 6.61. The molecule has 7 aromatic rings. The summed E-state index contributed by atoms with van der Waals surface area (Å²) in [5, 5.41) is 7.45. The van der Waals surface area contributed by atoms with E-state index in [9.17, 15) is 0 Å². The van der Waals surface area contributed by atoms with Crippen molar-refractivity contribution in [3.63, 3.8) is 0 Å². The highest BCUT2D eigenvalue weighted by molar-refractivity contribution is 7.99. The van der Waals surface area contributed by atoms with Gasteiger partial charge in [-0.15, -0.1) is 0 Å². The van der Waals surface area contributed by atoms with Crippen LogP contribution in [0.3, 0.4) is 0 Å². The summed E-state index contributed by atoms with van der Waals surface area (Å²) >= 11 is 1.87. The lowest BCUT2D eigenvalue weighted by molar-refractivity contribution is 0.669. The van der Waals surface area contributed by atoms with Crippen LogP contribution < -0.4 is 0 Å². The molecule has 34 heavy (non-hydrogen) atoms. The predicted molar refractivity (Wildman–Crippen MR) is 144 cm³/mol. The van der Waals surface area contributed by atoms with Crippen molar-refractivity contribution in [1.29, 1.82) is 0 Å². The second-order valence-electron chi connectivity index (χ2n) is 8.95. The number of rotatable bonds is 1. The Balaban J connectivity index is 1.41. The van der Waals surface area contributed by atoms with E-state index < -0.39 is 0 Å². The Kier molecular flexibility index (Phi) is 3.66. The summed E-state index contributed by atoms with van der Waals surface area (Å²) < 4.78 is 6.32. The molecule has 0 saturated carbocycles. The minimum atomic E-state index is 0.933. The van der Waals surface area contributed by atoms with Crippen molar-refractivity contribution in [2.24, 2.45) is 0 Å². The van der Waals surface area contributed by atoms with Crippen molar-refractivity contribution < 1.29 is 4.42 Å². The van der Waals surface area contributed by atoms with E-state index in [0.717, 1.165) is 11.2 Å². The predicted octanol–water partition coefficient (Wildman–Crippen LogP) is 9.69. The third-order valence-electron chi connectivity index (χ3n) is 7.03. The second kappa shape index (κ2) is 6.75. The quantitative estimate of drug-likeness (QED) is 0.247. The largest absolute Gasteiger partial charge is 0.456 e. The highest BCUT2D eigenvalue weighted by Gasteiger charge is 2.20. The first-order chi connectivity index (χ1) is 16.8. The average molecular weight is 451 g/mol. The number of fused-ring (bicyclic) bond motifs is 6. The fourth-order valence-electron chi connectivity index (χ4n) is 5.48. The van der Waals surface area contributed by atoms with Gasteiger partial charge in [0.05, 0.1) is 0 Å². The van der Waals surface area contributed by atoms with Crippen LogP contribution in [0.4, 0.5) is 0 Å². The molecular formula is C32H18OS. The molecule has 0 bridgehead atoms. The van der Waals surface area contributed by atoms with E-state index in [2.05, 4.69) is 109 Å². The molecule has 0 amide bonds. The number of benzene rings is 6. The SMILES string of the molecule is c1ccc2cc3c(cc2c1)oc1cccc(-c2ccc4c(c2)-c2cccc5cccc(c25)S4)c13. The third kappa shape index (κ3) is 2.52. The summed E-state index contributed by atoms with van der Waals surface area (Å²) in [6.07, 6.45) is 0. The Labute approximate surface area is 200 Å². The first-order valence-electron chi connectivity index (χ1n) is 11.5. The Hall–Kier alpha value is -4.01. The van der Waals surface area contributed by atoms with Crippen molar-refractivity contribution >= 4 is 55.2 Å². The molecule has 0 saturated heterocycles. The van der Waals surface area contributed by atoms with Crippen LogP contribution in [-0.2, 0) is 0 Å². The lowest BCUT2D eigenvalue weighted by Crippen LogP contribution is -1.93. The van der Waals surface area contributed by atoms with Gasteiger partial charge >= 0.3 is 0 Å². The van der Waals surface area contributed by atoms with Crippen LogP contribution in [0.15, 0.2) is 123 Å². The Morgan fingerprint density at radius 3 is 2.15 bits per heavy atom. The molecule has 0 atom stereocenters. The zero-order valence-electron chi connectivity index (χ0n) is 18.2. The molecule has 0 fully saturated rings. The molecule has 0 N–H and O–H groups in total. The summed E-state index contributed by atoms with van der Waals surface area (Å²) in [5.74, 6) is 0. The van der Waals surface area contributed by atoms with E-state index in [1.54, 1.807) is 0 Å². The van der Waals surface area contributed by atoms with Gasteiger partial charge in [0.2, 0.25) is 0 Å². The summed E-state index contributed by atoms with van der Waals surface area (Å²) in [4.78, 5) is 2.65. The average Bonchev–Trinajstić information content (AvgIpc) is 3.25. The van der Waals surface area contributed by atoms with Gasteiger partial charge in [0.1, 0.15) is 11.2 Å². The molecule has 1 nitrogen and oxygen atoms in total. The second-order valence-corrected chi connectivity index (χ2v) is 10.0. The fraction of sp³-hybridized carbons (Fsp3) is 0. The van der Waals surface area contributed by atoms with Crippen molar-refractivity contribution in [3.05, 3.63) is 109 Å². The van der Waals surface area contributed by atoms with Gasteiger partial charge in [-0.2, -0.15) is 0 Å². The van der Waals surface area contributed by atoms with Crippen molar-refractivity contribution in [1.82, 2.24) is 0 Å². The molecule has 2 heteroatoms. The van der Waals surface area contributed by atoms with Gasteiger partial charge in [0, 0.05) is 25.9 Å². The van der Waals surface area contributed by atoms with E-state index in [1.165, 1.54) is 64.4 Å². The van der Waals surface area contributed by atoms with Crippen molar-refractivity contribution in [2.45, 2.75) is 9.79 Å². The summed E-state index contributed by atoms with van der Waals surface area (Å²) in [5.41, 5.74) is 6.93. The van der Waals surface area contributed by atoms with Gasteiger partial charge in [-0.1, -0.05) is 84.6 Å². The minimum absolute atomic E-state index is 0.933. The van der Waals surface area contributed by atoms with Gasteiger partial charge in [-0.05, 0) is 74.8 Å². The van der Waals surface area contributed by atoms with Crippen LogP contribution >= 0.6 is 11.8 Å². The first-order valence-corrected chi connectivity index (χ1v) is 12.3. The molecule has 1 aromatic heterocycles. The van der Waals surface area contributed by atoms with Gasteiger partial charge in [-0.3, -0.25) is 0 Å². The summed E-state index contributed by atoms with van der Waals surface area (Å²) in [6.45, 7) is 0. The molecule has 0 radical (unpaired) electrons. The van der Waals surface area contributed by atoms with E-state index in [-0.39, 0.29) is 0 Å². The van der Waals surface area contributed by atoms with Gasteiger partial charge in [0.25, 0.3) is 0 Å². The Morgan fingerprint density at radius 1 is 0.471 bits per heavy atom. The standard InChI is InChI=1S/C32H18OS/c1-2-7-21-18-28-26(16-20(21)6-1)32-23(10-5-12-27(32)33-28)22-14-15-29-25(17-22)24-11-3-8-19-9-4-13-30(34-29)31(19)24/h1-18H. The highest BCUT2D eigenvalue weighted by atomic mass is 32.2. The van der Waals surface area contributed by atoms with Crippen molar-refractivity contribution in [2.75, 3.05) is 0 Å². The molecule has 8 rings (SSSR count). The Morgan fingerprint density at radius 2 is 1.24 bits per heavy atom. The normalized spacial score (nSPS) is 12.6. The molecule has 0 unspecified atom stereocenters. The number of hydrogen-bond acceptors (Lipinski definition) is 2. The van der Waals surface area contributed by atoms with Crippen LogP contribution in [0.1, 0.15) is 0 Å². The van der Waals surface area contributed by atoms with E-state index in [4.69, 9.17) is 4.42 Å². The highest BCUT2D eigenvalue weighted by Crippen LogP contribution is 2.49. The topological polar surface area (TPSA) is 13.1 Å².